The molecule has 5 nitrogen and oxygen atoms in total. The van der Waals surface area contributed by atoms with E-state index in [-0.39, 0.29) is 10.6 Å². The lowest BCUT2D eigenvalue weighted by atomic mass is 10.1. The predicted octanol–water partition coefficient (Wildman–Crippen LogP) is 3.62. The normalized spacial score (nSPS) is 11.2. The lowest BCUT2D eigenvalue weighted by molar-refractivity contribution is 0.385. The summed E-state index contributed by atoms with van der Waals surface area (Å²) < 4.78 is 45.8. The largest absolute Gasteiger partial charge is 0.494 e. The number of rotatable bonds is 6. The maximum absolute atomic E-state index is 13.8. The standard InChI is InChI=1S/C19H17FN2O3S/c1-25-19-7-6-17(13-18(19)20)26(23,24)22-16-4-2-14(3-5-16)12-15-8-10-21-11-9-15/h2-11,13,22H,12H2,1H3. The fourth-order valence-electron chi connectivity index (χ4n) is 2.46. The molecular formula is C19H17FN2O3S. The van der Waals surface area contributed by atoms with Gasteiger partial charge in [-0.25, -0.2) is 12.8 Å². The van der Waals surface area contributed by atoms with Gasteiger partial charge in [-0.15, -0.1) is 0 Å². The van der Waals surface area contributed by atoms with Crippen LogP contribution < -0.4 is 9.46 Å². The van der Waals surface area contributed by atoms with Crippen LogP contribution in [0.25, 0.3) is 0 Å². The van der Waals surface area contributed by atoms with Crippen molar-refractivity contribution in [2.75, 3.05) is 11.8 Å². The fourth-order valence-corrected chi connectivity index (χ4v) is 3.53. The molecule has 0 atom stereocenters. The first-order chi connectivity index (χ1) is 12.5. The van der Waals surface area contributed by atoms with Gasteiger partial charge in [0.15, 0.2) is 11.6 Å². The molecule has 0 radical (unpaired) electrons. The number of anilines is 1. The average molecular weight is 372 g/mol. The van der Waals surface area contributed by atoms with Gasteiger partial charge in [0, 0.05) is 18.1 Å². The van der Waals surface area contributed by atoms with E-state index in [2.05, 4.69) is 9.71 Å². The van der Waals surface area contributed by atoms with Crippen molar-refractivity contribution in [3.05, 3.63) is 83.9 Å². The van der Waals surface area contributed by atoms with Gasteiger partial charge in [0.1, 0.15) is 0 Å². The number of hydrogen-bond acceptors (Lipinski definition) is 4. The topological polar surface area (TPSA) is 68.3 Å². The minimum atomic E-state index is -3.89. The molecule has 0 fully saturated rings. The minimum Gasteiger partial charge on any atom is -0.494 e. The third kappa shape index (κ3) is 4.18. The van der Waals surface area contributed by atoms with Gasteiger partial charge in [0.2, 0.25) is 0 Å². The molecule has 0 spiro atoms. The molecule has 3 aromatic rings. The zero-order valence-corrected chi connectivity index (χ0v) is 14.8. The summed E-state index contributed by atoms with van der Waals surface area (Å²) in [5, 5.41) is 0. The van der Waals surface area contributed by atoms with E-state index >= 15 is 0 Å². The van der Waals surface area contributed by atoms with Crippen molar-refractivity contribution in [1.82, 2.24) is 4.98 Å². The molecule has 0 aliphatic rings. The second-order valence-corrected chi connectivity index (χ2v) is 7.31. The molecule has 1 heterocycles. The number of methoxy groups -OCH3 is 1. The Labute approximate surface area is 151 Å². The van der Waals surface area contributed by atoms with E-state index in [0.717, 1.165) is 23.6 Å². The van der Waals surface area contributed by atoms with E-state index in [1.54, 1.807) is 24.5 Å². The van der Waals surface area contributed by atoms with Crippen LogP contribution in [0.2, 0.25) is 0 Å². The molecule has 3 rings (SSSR count). The smallest absolute Gasteiger partial charge is 0.262 e. The highest BCUT2D eigenvalue weighted by molar-refractivity contribution is 7.92. The van der Waals surface area contributed by atoms with Gasteiger partial charge >= 0.3 is 0 Å². The zero-order valence-electron chi connectivity index (χ0n) is 14.0. The van der Waals surface area contributed by atoms with Crippen molar-refractivity contribution in [3.8, 4) is 5.75 Å². The van der Waals surface area contributed by atoms with Crippen LogP contribution in [0.1, 0.15) is 11.1 Å². The van der Waals surface area contributed by atoms with Gasteiger partial charge in [-0.3, -0.25) is 9.71 Å². The van der Waals surface area contributed by atoms with Crippen LogP contribution in [0.4, 0.5) is 10.1 Å². The monoisotopic (exact) mass is 372 g/mol. The first-order valence-corrected chi connectivity index (χ1v) is 9.30. The second-order valence-electron chi connectivity index (χ2n) is 5.63. The van der Waals surface area contributed by atoms with E-state index in [0.29, 0.717) is 5.69 Å². The van der Waals surface area contributed by atoms with E-state index in [4.69, 9.17) is 4.74 Å². The molecule has 26 heavy (non-hydrogen) atoms. The van der Waals surface area contributed by atoms with E-state index in [1.165, 1.54) is 19.2 Å². The van der Waals surface area contributed by atoms with Crippen LogP contribution in [0.3, 0.4) is 0 Å². The van der Waals surface area contributed by atoms with Crippen LogP contribution in [0, 0.1) is 5.82 Å². The lowest BCUT2D eigenvalue weighted by Crippen LogP contribution is -2.13. The van der Waals surface area contributed by atoms with E-state index in [1.807, 2.05) is 24.3 Å². The molecule has 134 valence electrons. The van der Waals surface area contributed by atoms with Gasteiger partial charge < -0.3 is 4.74 Å². The highest BCUT2D eigenvalue weighted by Crippen LogP contribution is 2.23. The number of nitrogens with one attached hydrogen (secondary N) is 1. The summed E-state index contributed by atoms with van der Waals surface area (Å²) in [6, 6.07) is 14.4. The molecule has 0 aliphatic heterocycles. The number of nitrogens with zero attached hydrogens (tertiary/aromatic N) is 1. The minimum absolute atomic E-state index is 0.00980. The van der Waals surface area contributed by atoms with Crippen molar-refractivity contribution in [2.45, 2.75) is 11.3 Å². The Morgan fingerprint density at radius 3 is 2.27 bits per heavy atom. The molecule has 7 heteroatoms. The molecule has 0 aliphatic carbocycles. The number of benzene rings is 2. The van der Waals surface area contributed by atoms with Gasteiger partial charge in [0.05, 0.1) is 12.0 Å². The Kier molecular flexibility index (Phi) is 5.18. The number of ether oxygens (including phenoxy) is 1. The number of halogens is 1. The quantitative estimate of drug-likeness (QED) is 0.718. The van der Waals surface area contributed by atoms with E-state index < -0.39 is 15.8 Å². The Balaban J connectivity index is 1.74. The Bertz CT molecular complexity index is 991. The summed E-state index contributed by atoms with van der Waals surface area (Å²) in [5.41, 5.74) is 2.55. The molecule has 1 aromatic heterocycles. The Morgan fingerprint density at radius 2 is 1.65 bits per heavy atom. The first-order valence-electron chi connectivity index (χ1n) is 7.82. The third-order valence-corrected chi connectivity index (χ3v) is 5.18. The highest BCUT2D eigenvalue weighted by Gasteiger charge is 2.16. The molecule has 0 amide bonds. The second kappa shape index (κ2) is 7.53. The summed E-state index contributed by atoms with van der Waals surface area (Å²) in [6.07, 6.45) is 4.18. The number of sulfonamides is 1. The highest BCUT2D eigenvalue weighted by atomic mass is 32.2. The van der Waals surface area contributed by atoms with Crippen molar-refractivity contribution in [1.29, 1.82) is 0 Å². The molecule has 0 saturated carbocycles. The molecule has 0 unspecified atom stereocenters. The van der Waals surface area contributed by atoms with E-state index in [9.17, 15) is 12.8 Å². The molecule has 0 saturated heterocycles. The first kappa shape index (κ1) is 17.9. The molecule has 1 N–H and O–H groups in total. The lowest BCUT2D eigenvalue weighted by Gasteiger charge is -2.10. The average Bonchev–Trinajstić information content (AvgIpc) is 2.64. The number of aromatic nitrogens is 1. The van der Waals surface area contributed by atoms with Crippen LogP contribution in [-0.2, 0) is 16.4 Å². The van der Waals surface area contributed by atoms with Crippen LogP contribution >= 0.6 is 0 Å². The maximum atomic E-state index is 13.8. The zero-order chi connectivity index (χ0) is 18.6. The summed E-state index contributed by atoms with van der Waals surface area (Å²) in [5.74, 6) is -0.743. The Hall–Kier alpha value is -2.93. The van der Waals surface area contributed by atoms with Crippen molar-refractivity contribution >= 4 is 15.7 Å². The Morgan fingerprint density at radius 1 is 1.00 bits per heavy atom. The summed E-state index contributed by atoms with van der Waals surface area (Å²) >= 11 is 0. The van der Waals surface area contributed by atoms with Gasteiger partial charge in [-0.2, -0.15) is 0 Å². The van der Waals surface area contributed by atoms with Crippen molar-refractivity contribution in [2.24, 2.45) is 0 Å². The summed E-state index contributed by atoms with van der Waals surface area (Å²) in [6.45, 7) is 0. The van der Waals surface area contributed by atoms with Crippen LogP contribution in [0.15, 0.2) is 71.9 Å². The predicted molar refractivity (Wildman–Crippen MR) is 97.2 cm³/mol. The molecule has 0 bridgehead atoms. The number of pyridine rings is 1. The third-order valence-electron chi connectivity index (χ3n) is 3.80. The van der Waals surface area contributed by atoms with Gasteiger partial charge in [-0.1, -0.05) is 12.1 Å². The van der Waals surface area contributed by atoms with Crippen LogP contribution in [-0.4, -0.2) is 20.5 Å². The maximum Gasteiger partial charge on any atom is 0.262 e. The van der Waals surface area contributed by atoms with Crippen molar-refractivity contribution in [3.63, 3.8) is 0 Å². The molecular weight excluding hydrogens is 355 g/mol. The van der Waals surface area contributed by atoms with Gasteiger partial charge in [-0.05, 0) is 60.0 Å². The summed E-state index contributed by atoms with van der Waals surface area (Å²) in [7, 11) is -2.57. The van der Waals surface area contributed by atoms with Crippen LogP contribution in [0.5, 0.6) is 5.75 Å². The number of hydrogen-bond donors (Lipinski definition) is 1. The van der Waals surface area contributed by atoms with Gasteiger partial charge in [0.25, 0.3) is 10.0 Å². The SMILES string of the molecule is COc1ccc(S(=O)(=O)Nc2ccc(Cc3ccncc3)cc2)cc1F. The summed E-state index contributed by atoms with van der Waals surface area (Å²) in [4.78, 5) is 3.81. The fraction of sp³-hybridized carbons (Fsp3) is 0.105. The van der Waals surface area contributed by atoms with Crippen molar-refractivity contribution < 1.29 is 17.5 Å². The molecule has 2 aromatic carbocycles.